The van der Waals surface area contributed by atoms with Crippen LogP contribution in [0.5, 0.6) is 5.75 Å². The fourth-order valence-corrected chi connectivity index (χ4v) is 4.11. The summed E-state index contributed by atoms with van der Waals surface area (Å²) < 4.78 is 18.4. The molecule has 6 heteroatoms. The second kappa shape index (κ2) is 9.64. The molecule has 3 aromatic carbocycles. The molecule has 4 rings (SSSR count). The van der Waals surface area contributed by atoms with Gasteiger partial charge in [0.15, 0.2) is 0 Å². The molecule has 1 fully saturated rings. The van der Waals surface area contributed by atoms with Gasteiger partial charge in [-0.1, -0.05) is 42.5 Å². The predicted octanol–water partition coefficient (Wildman–Crippen LogP) is 4.01. The molecule has 3 aromatic rings. The van der Waals surface area contributed by atoms with Gasteiger partial charge < -0.3 is 15.0 Å². The zero-order valence-electron chi connectivity index (χ0n) is 17.8. The number of hydrogen-bond donors (Lipinski definition) is 1. The minimum absolute atomic E-state index is 0.0852. The lowest BCUT2D eigenvalue weighted by molar-refractivity contribution is -0.125. The maximum absolute atomic E-state index is 13.1. The molecule has 2 unspecified atom stereocenters. The summed E-state index contributed by atoms with van der Waals surface area (Å²) in [6.45, 7) is 1.09. The second-order valence-corrected chi connectivity index (χ2v) is 7.91. The Kier molecular flexibility index (Phi) is 6.50. The molecule has 0 aromatic heterocycles. The molecule has 0 bridgehead atoms. The van der Waals surface area contributed by atoms with E-state index in [2.05, 4.69) is 5.32 Å². The third kappa shape index (κ3) is 4.80. The van der Waals surface area contributed by atoms with E-state index in [4.69, 9.17) is 4.74 Å². The Morgan fingerprint density at radius 3 is 2.31 bits per heavy atom. The molecule has 0 spiro atoms. The van der Waals surface area contributed by atoms with Gasteiger partial charge in [-0.25, -0.2) is 4.39 Å². The monoisotopic (exact) mass is 432 g/mol. The minimum atomic E-state index is -0.392. The van der Waals surface area contributed by atoms with Crippen molar-refractivity contribution >= 4 is 11.8 Å². The predicted molar refractivity (Wildman–Crippen MR) is 120 cm³/mol. The lowest BCUT2D eigenvalue weighted by Crippen LogP contribution is -2.35. The second-order valence-electron chi connectivity index (χ2n) is 7.91. The van der Waals surface area contributed by atoms with Gasteiger partial charge in [-0.15, -0.1) is 0 Å². The van der Waals surface area contributed by atoms with Crippen molar-refractivity contribution in [1.29, 1.82) is 0 Å². The van der Waals surface area contributed by atoms with Crippen molar-refractivity contribution in [3.63, 3.8) is 0 Å². The van der Waals surface area contributed by atoms with Crippen LogP contribution < -0.4 is 10.1 Å². The maximum atomic E-state index is 13.1. The number of methoxy groups -OCH3 is 1. The van der Waals surface area contributed by atoms with Crippen molar-refractivity contribution < 1.29 is 18.7 Å². The highest BCUT2D eigenvalue weighted by Gasteiger charge is 2.40. The summed E-state index contributed by atoms with van der Waals surface area (Å²) in [5, 5.41) is 2.96. The van der Waals surface area contributed by atoms with Gasteiger partial charge >= 0.3 is 0 Å². The van der Waals surface area contributed by atoms with Crippen molar-refractivity contribution in [2.75, 3.05) is 20.2 Å². The topological polar surface area (TPSA) is 58.6 Å². The minimum Gasteiger partial charge on any atom is -0.497 e. The fourth-order valence-electron chi connectivity index (χ4n) is 4.11. The number of amides is 2. The molecular formula is C26H25FN2O3. The summed E-state index contributed by atoms with van der Waals surface area (Å²) >= 11 is 0. The van der Waals surface area contributed by atoms with Crippen molar-refractivity contribution in [2.45, 2.75) is 12.5 Å². The van der Waals surface area contributed by atoms with E-state index in [1.165, 1.54) is 12.1 Å². The lowest BCUT2D eigenvalue weighted by Gasteiger charge is -2.18. The highest BCUT2D eigenvalue weighted by Crippen LogP contribution is 2.34. The number of halogens is 1. The van der Waals surface area contributed by atoms with E-state index >= 15 is 0 Å². The molecule has 1 saturated heterocycles. The Morgan fingerprint density at radius 1 is 0.969 bits per heavy atom. The average molecular weight is 432 g/mol. The van der Waals surface area contributed by atoms with Gasteiger partial charge in [0.2, 0.25) is 5.91 Å². The zero-order valence-corrected chi connectivity index (χ0v) is 17.8. The number of ether oxygens (including phenoxy) is 1. The fraction of sp³-hybridized carbons (Fsp3) is 0.231. The van der Waals surface area contributed by atoms with Crippen LogP contribution in [0.2, 0.25) is 0 Å². The molecule has 0 aliphatic carbocycles. The number of carbonyl (C=O) groups excluding carboxylic acids is 2. The molecule has 164 valence electrons. The van der Waals surface area contributed by atoms with Gasteiger partial charge in [0.1, 0.15) is 11.6 Å². The van der Waals surface area contributed by atoms with Crippen LogP contribution in [0.3, 0.4) is 0 Å². The van der Waals surface area contributed by atoms with E-state index in [0.717, 1.165) is 16.9 Å². The molecule has 1 aliphatic rings. The summed E-state index contributed by atoms with van der Waals surface area (Å²) in [7, 11) is 1.61. The molecule has 1 N–H and O–H groups in total. The summed E-state index contributed by atoms with van der Waals surface area (Å²) in [4.78, 5) is 27.9. The molecule has 1 aliphatic heterocycles. The van der Waals surface area contributed by atoms with Crippen molar-refractivity contribution in [1.82, 2.24) is 10.2 Å². The number of carbonyl (C=O) groups is 2. The number of likely N-dealkylation sites (tertiary alicyclic amines) is 1. The Balaban J connectivity index is 1.53. The van der Waals surface area contributed by atoms with Crippen LogP contribution in [0.25, 0.3) is 0 Å². The first-order valence-corrected chi connectivity index (χ1v) is 10.6. The van der Waals surface area contributed by atoms with E-state index in [1.807, 2.05) is 42.5 Å². The van der Waals surface area contributed by atoms with Gasteiger partial charge in [-0.05, 0) is 47.5 Å². The molecule has 1 heterocycles. The third-order valence-electron chi connectivity index (χ3n) is 5.89. The molecule has 0 saturated carbocycles. The van der Waals surface area contributed by atoms with Gasteiger partial charge in [0, 0.05) is 31.1 Å². The van der Waals surface area contributed by atoms with E-state index in [0.29, 0.717) is 25.2 Å². The van der Waals surface area contributed by atoms with E-state index < -0.39 is 5.92 Å². The van der Waals surface area contributed by atoms with Crippen LogP contribution in [0.15, 0.2) is 78.9 Å². The molecule has 0 radical (unpaired) electrons. The summed E-state index contributed by atoms with van der Waals surface area (Å²) in [6.07, 6.45) is 0. The Bertz CT molecular complexity index is 1070. The van der Waals surface area contributed by atoms with Crippen LogP contribution in [-0.2, 0) is 11.3 Å². The normalized spacial score (nSPS) is 17.8. The first kappa shape index (κ1) is 21.6. The molecule has 32 heavy (non-hydrogen) atoms. The Labute approximate surface area is 186 Å². The van der Waals surface area contributed by atoms with Crippen LogP contribution in [-0.4, -0.2) is 36.9 Å². The van der Waals surface area contributed by atoms with Crippen molar-refractivity contribution in [3.05, 3.63) is 101 Å². The summed E-state index contributed by atoms with van der Waals surface area (Å²) in [5.74, 6) is -0.318. The molecule has 5 nitrogen and oxygen atoms in total. The first-order valence-electron chi connectivity index (χ1n) is 10.6. The third-order valence-corrected chi connectivity index (χ3v) is 5.89. The number of hydrogen-bond acceptors (Lipinski definition) is 3. The van der Waals surface area contributed by atoms with Gasteiger partial charge in [-0.2, -0.15) is 0 Å². The smallest absolute Gasteiger partial charge is 0.253 e. The summed E-state index contributed by atoms with van der Waals surface area (Å²) in [5.41, 5.74) is 2.40. The van der Waals surface area contributed by atoms with Crippen molar-refractivity contribution in [2.24, 2.45) is 5.92 Å². The first-order chi connectivity index (χ1) is 15.5. The van der Waals surface area contributed by atoms with E-state index in [1.54, 1.807) is 36.3 Å². The number of rotatable bonds is 6. The lowest BCUT2D eigenvalue weighted by atomic mass is 9.88. The van der Waals surface area contributed by atoms with Gasteiger partial charge in [-0.3, -0.25) is 9.59 Å². The molecular weight excluding hydrogens is 407 g/mol. The van der Waals surface area contributed by atoms with Crippen molar-refractivity contribution in [3.8, 4) is 5.75 Å². The average Bonchev–Trinajstić information content (AvgIpc) is 3.29. The van der Waals surface area contributed by atoms with Crippen LogP contribution in [0.1, 0.15) is 27.4 Å². The zero-order chi connectivity index (χ0) is 22.5. The molecule has 2 amide bonds. The van der Waals surface area contributed by atoms with Crippen LogP contribution in [0.4, 0.5) is 4.39 Å². The number of nitrogens with zero attached hydrogens (tertiary/aromatic N) is 1. The SMILES string of the molecule is COc1ccc(C2CN(C(=O)c3ccccc3)CC2C(=O)NCc2ccc(F)cc2)cc1. The largest absolute Gasteiger partial charge is 0.497 e. The maximum Gasteiger partial charge on any atom is 0.253 e. The number of nitrogens with one attached hydrogen (secondary N) is 1. The quantitative estimate of drug-likeness (QED) is 0.640. The highest BCUT2D eigenvalue weighted by atomic mass is 19.1. The van der Waals surface area contributed by atoms with E-state index in [9.17, 15) is 14.0 Å². The van der Waals surface area contributed by atoms with Gasteiger partial charge in [0.05, 0.1) is 13.0 Å². The summed E-state index contributed by atoms with van der Waals surface area (Å²) in [6, 6.07) is 22.8. The van der Waals surface area contributed by atoms with Gasteiger partial charge in [0.25, 0.3) is 5.91 Å². The van der Waals surface area contributed by atoms with Crippen LogP contribution in [0, 0.1) is 11.7 Å². The standard InChI is InChI=1S/C26H25FN2O3/c1-32-22-13-9-19(10-14-22)23-16-29(26(31)20-5-3-2-4-6-20)17-24(23)25(30)28-15-18-7-11-21(27)12-8-18/h2-14,23-24H,15-17H2,1H3,(H,28,30). The highest BCUT2D eigenvalue weighted by molar-refractivity contribution is 5.95. The molecule has 2 atom stereocenters. The Hall–Kier alpha value is -3.67. The van der Waals surface area contributed by atoms with Crippen LogP contribution >= 0.6 is 0 Å². The number of benzene rings is 3. The van der Waals surface area contributed by atoms with E-state index in [-0.39, 0.29) is 23.5 Å². The Morgan fingerprint density at radius 2 is 1.66 bits per heavy atom.